The molecule has 2 aliphatic carbocycles. The molecule has 0 amide bonds. The van der Waals surface area contributed by atoms with Gasteiger partial charge in [-0.3, -0.25) is 0 Å². The summed E-state index contributed by atoms with van der Waals surface area (Å²) in [6.45, 7) is 0. The zero-order chi connectivity index (χ0) is 50.6. The molecular formula is C75H47NO. The third-order valence-electron chi connectivity index (χ3n) is 16.7. The molecule has 0 atom stereocenters. The Morgan fingerprint density at radius 2 is 0.649 bits per heavy atom. The lowest BCUT2D eigenvalue weighted by Gasteiger charge is -2.32. The summed E-state index contributed by atoms with van der Waals surface area (Å²) in [4.78, 5) is 2.37. The van der Waals surface area contributed by atoms with Crippen molar-refractivity contribution in [3.8, 4) is 66.8 Å². The van der Waals surface area contributed by atoms with E-state index < -0.39 is 5.41 Å². The van der Waals surface area contributed by atoms with Gasteiger partial charge >= 0.3 is 0 Å². The summed E-state index contributed by atoms with van der Waals surface area (Å²) in [5, 5.41) is 7.25. The zero-order valence-electron chi connectivity index (χ0n) is 42.0. The Labute approximate surface area is 447 Å². The van der Waals surface area contributed by atoms with E-state index in [1.807, 2.05) is 0 Å². The molecule has 1 spiro atoms. The van der Waals surface area contributed by atoms with Crippen molar-refractivity contribution in [3.05, 3.63) is 307 Å². The van der Waals surface area contributed by atoms with Crippen LogP contribution in [-0.4, -0.2) is 0 Å². The van der Waals surface area contributed by atoms with Crippen LogP contribution < -0.4 is 4.90 Å². The smallest absolute Gasteiger partial charge is 0.143 e. The molecule has 2 nitrogen and oxygen atoms in total. The van der Waals surface area contributed by atoms with Gasteiger partial charge in [-0.2, -0.15) is 0 Å². The summed E-state index contributed by atoms with van der Waals surface area (Å²) in [5.41, 5.74) is 24.3. The summed E-state index contributed by atoms with van der Waals surface area (Å²) in [6, 6.07) is 105. The van der Waals surface area contributed by atoms with E-state index in [4.69, 9.17) is 4.42 Å². The summed E-state index contributed by atoms with van der Waals surface area (Å²) >= 11 is 0. The highest BCUT2D eigenvalue weighted by atomic mass is 16.3. The fraction of sp³-hybridized carbons (Fsp3) is 0.0133. The predicted octanol–water partition coefficient (Wildman–Crippen LogP) is 20.4. The molecule has 14 aromatic rings. The van der Waals surface area contributed by atoms with E-state index in [1.165, 1.54) is 88.3 Å². The van der Waals surface area contributed by atoms with Crippen molar-refractivity contribution in [1.82, 2.24) is 0 Å². The molecule has 0 aliphatic heterocycles. The van der Waals surface area contributed by atoms with Gasteiger partial charge < -0.3 is 9.32 Å². The van der Waals surface area contributed by atoms with Gasteiger partial charge in [-0.15, -0.1) is 0 Å². The maximum Gasteiger partial charge on any atom is 0.143 e. The molecule has 16 rings (SSSR count). The highest BCUT2D eigenvalue weighted by Gasteiger charge is 2.53. The molecule has 0 radical (unpaired) electrons. The first kappa shape index (κ1) is 43.4. The van der Waals surface area contributed by atoms with E-state index in [0.717, 1.165) is 61.3 Å². The first-order chi connectivity index (χ1) is 38.2. The molecule has 1 heterocycles. The second-order valence-corrected chi connectivity index (χ2v) is 20.6. The van der Waals surface area contributed by atoms with Gasteiger partial charge in [-0.05, 0) is 154 Å². The second kappa shape index (κ2) is 17.0. The molecule has 0 unspecified atom stereocenters. The summed E-state index contributed by atoms with van der Waals surface area (Å²) in [5.74, 6) is 0. The van der Waals surface area contributed by atoms with E-state index in [0.29, 0.717) is 0 Å². The molecular weight excluding hydrogens is 931 g/mol. The number of anilines is 3. The van der Waals surface area contributed by atoms with Gasteiger partial charge in [0.1, 0.15) is 11.2 Å². The van der Waals surface area contributed by atoms with Gasteiger partial charge in [0.05, 0.1) is 5.41 Å². The molecule has 2 heteroatoms. The zero-order valence-corrected chi connectivity index (χ0v) is 42.0. The van der Waals surface area contributed by atoms with E-state index in [-0.39, 0.29) is 0 Å². The van der Waals surface area contributed by atoms with Crippen molar-refractivity contribution in [1.29, 1.82) is 0 Å². The monoisotopic (exact) mass is 977 g/mol. The quantitative estimate of drug-likeness (QED) is 0.158. The molecule has 358 valence electrons. The number of rotatable bonds is 7. The number of hydrogen-bond donors (Lipinski definition) is 0. The van der Waals surface area contributed by atoms with E-state index in [9.17, 15) is 0 Å². The third kappa shape index (κ3) is 6.49. The Hall–Kier alpha value is -10.0. The molecule has 1 aromatic heterocycles. The lowest BCUT2D eigenvalue weighted by Crippen LogP contribution is -2.26. The number of benzene rings is 13. The van der Waals surface area contributed by atoms with Gasteiger partial charge in [0, 0.05) is 33.4 Å². The highest BCUT2D eigenvalue weighted by Crippen LogP contribution is 2.65. The van der Waals surface area contributed by atoms with Crippen molar-refractivity contribution in [2.75, 3.05) is 4.90 Å². The minimum atomic E-state index is -0.533. The lowest BCUT2D eigenvalue weighted by atomic mass is 9.68. The molecule has 0 fully saturated rings. The number of nitrogens with zero attached hydrogens (tertiary/aromatic N) is 1. The molecule has 0 N–H and O–H groups in total. The number of furan rings is 1. The van der Waals surface area contributed by atoms with Crippen LogP contribution in [0.1, 0.15) is 22.3 Å². The first-order valence-electron chi connectivity index (χ1n) is 26.6. The molecule has 13 aromatic carbocycles. The minimum Gasteiger partial charge on any atom is -0.455 e. The van der Waals surface area contributed by atoms with E-state index >= 15 is 0 Å². The Bertz CT molecular complexity index is 4480. The maximum atomic E-state index is 7.05. The fourth-order valence-electron chi connectivity index (χ4n) is 13.3. The number of hydrogen-bond acceptors (Lipinski definition) is 2. The lowest BCUT2D eigenvalue weighted by molar-refractivity contribution is 0.668. The van der Waals surface area contributed by atoms with Crippen LogP contribution in [0.4, 0.5) is 17.1 Å². The maximum absolute atomic E-state index is 7.05. The summed E-state index contributed by atoms with van der Waals surface area (Å²) in [7, 11) is 0. The van der Waals surface area contributed by atoms with Crippen LogP contribution in [-0.2, 0) is 5.41 Å². The van der Waals surface area contributed by atoms with Crippen molar-refractivity contribution >= 4 is 60.5 Å². The van der Waals surface area contributed by atoms with Crippen LogP contribution in [0, 0.1) is 0 Å². The topological polar surface area (TPSA) is 16.4 Å². The normalized spacial score (nSPS) is 12.8. The van der Waals surface area contributed by atoms with Crippen molar-refractivity contribution in [3.63, 3.8) is 0 Å². The molecule has 0 saturated carbocycles. The fourth-order valence-corrected chi connectivity index (χ4v) is 13.3. The van der Waals surface area contributed by atoms with Crippen molar-refractivity contribution < 1.29 is 4.42 Å². The van der Waals surface area contributed by atoms with E-state index in [2.05, 4.69) is 290 Å². The van der Waals surface area contributed by atoms with Gasteiger partial charge in [0.25, 0.3) is 0 Å². The SMILES string of the molecule is c1ccc2c(c1)-c1ccccc1C21c2ccccc2-c2cc3c(oc4ccccc43)c(-c3ccc(-c4ccc(N(c5ccc(-c6cccc7ccccc67)cc5)c5ccc(-c6cccc7ccccc67)cc5)cc4)cc3)c21. The van der Waals surface area contributed by atoms with Crippen LogP contribution in [0.25, 0.3) is 110 Å². The van der Waals surface area contributed by atoms with Crippen LogP contribution in [0.2, 0.25) is 0 Å². The van der Waals surface area contributed by atoms with Gasteiger partial charge in [-0.1, -0.05) is 237 Å². The Morgan fingerprint density at radius 1 is 0.273 bits per heavy atom. The summed E-state index contributed by atoms with van der Waals surface area (Å²) in [6.07, 6.45) is 0. The standard InChI is InChI=1S/C75H47NO/c1-3-19-58-50(15-1)17-13-25-60(58)52-37-43-56(44-38-52)76(57-45-39-53(40-46-57)61-26-14-18-51-16-2-4-20-59(51)61)55-41-35-49(36-42-55)48-31-33-54(34-32-48)72-73-66(47-67-65-24-8-12-30-71(65)77-74(67)72)64-23-7-11-29-70(64)75(73)68-27-9-5-21-62(68)63-22-6-10-28-69(63)75/h1-47H. The largest absolute Gasteiger partial charge is 0.455 e. The molecule has 0 bridgehead atoms. The average Bonchev–Trinajstić information content (AvgIpc) is 3.35. The average molecular weight is 978 g/mol. The Kier molecular flexibility index (Phi) is 9.58. The third-order valence-corrected chi connectivity index (χ3v) is 16.7. The minimum absolute atomic E-state index is 0.533. The van der Waals surface area contributed by atoms with Gasteiger partial charge in [0.2, 0.25) is 0 Å². The van der Waals surface area contributed by atoms with Gasteiger partial charge in [0.15, 0.2) is 0 Å². The second-order valence-electron chi connectivity index (χ2n) is 20.6. The Balaban J connectivity index is 0.812. The number of fused-ring (bicyclic) bond motifs is 15. The molecule has 77 heavy (non-hydrogen) atoms. The molecule has 2 aliphatic rings. The predicted molar refractivity (Wildman–Crippen MR) is 321 cm³/mol. The van der Waals surface area contributed by atoms with Crippen LogP contribution >= 0.6 is 0 Å². The van der Waals surface area contributed by atoms with E-state index in [1.54, 1.807) is 0 Å². The number of para-hydroxylation sites is 1. The van der Waals surface area contributed by atoms with Crippen LogP contribution in [0.5, 0.6) is 0 Å². The van der Waals surface area contributed by atoms with Gasteiger partial charge in [-0.25, -0.2) is 0 Å². The van der Waals surface area contributed by atoms with Crippen molar-refractivity contribution in [2.24, 2.45) is 0 Å². The molecule has 0 saturated heterocycles. The van der Waals surface area contributed by atoms with Crippen molar-refractivity contribution in [2.45, 2.75) is 5.41 Å². The summed E-state index contributed by atoms with van der Waals surface area (Å²) < 4.78 is 7.05. The van der Waals surface area contributed by atoms with Crippen LogP contribution in [0.3, 0.4) is 0 Å². The Morgan fingerprint density at radius 3 is 1.17 bits per heavy atom. The van der Waals surface area contributed by atoms with Crippen LogP contribution in [0.15, 0.2) is 290 Å². The first-order valence-corrected chi connectivity index (χ1v) is 26.6. The highest BCUT2D eigenvalue weighted by molar-refractivity contribution is 6.15.